The number of carbonyl (C=O) groups excluding carboxylic acids is 4. The summed E-state index contributed by atoms with van der Waals surface area (Å²) in [6, 6.07) is 0. The molecule has 10 atom stereocenters. The number of fused-ring (bicyclic) bond motifs is 2. The fourth-order valence-corrected chi connectivity index (χ4v) is 8.95. The number of epoxide rings is 1. The van der Waals surface area contributed by atoms with E-state index >= 15 is 0 Å². The zero-order chi connectivity index (χ0) is 26.9. The van der Waals surface area contributed by atoms with Gasteiger partial charge >= 0.3 is 17.9 Å². The van der Waals surface area contributed by atoms with Crippen molar-refractivity contribution in [2.45, 2.75) is 89.2 Å². The van der Waals surface area contributed by atoms with E-state index < -0.39 is 81.8 Å². The molecule has 6 aliphatic rings. The Labute approximate surface area is 213 Å². The molecule has 10 unspecified atom stereocenters. The summed E-state index contributed by atoms with van der Waals surface area (Å²) in [4.78, 5) is 52.0. The van der Waals surface area contributed by atoms with Crippen LogP contribution in [0.1, 0.15) is 53.4 Å². The largest absolute Gasteiger partial charge is 0.465 e. The van der Waals surface area contributed by atoms with Gasteiger partial charge in [-0.25, -0.2) is 9.59 Å². The van der Waals surface area contributed by atoms with Crippen LogP contribution in [0.5, 0.6) is 0 Å². The lowest BCUT2D eigenvalue weighted by Gasteiger charge is -2.67. The molecule has 5 fully saturated rings. The fraction of sp³-hybridized carbons (Fsp3) is 0.769. The lowest BCUT2D eigenvalue weighted by atomic mass is 9.36. The molecule has 4 heterocycles. The standard InChI is InChI=1S/C26H32O11/c1-22(2,33)13-8-14(27)24(4)12(25(13)10-34-16(29)9-15(25)28)5-6-23(3)18(11-7-17(30)35-20(11)31)36-21(32)19-26(23,24)37-19/h7,12-13,15,17-19,28,30,33H,5-6,8-10H2,1-4H3. The van der Waals surface area contributed by atoms with E-state index in [-0.39, 0.29) is 30.8 Å². The number of Topliss-reactive ketones (excluding diaryl/α,β-unsaturated/α-hetero) is 1. The number of rotatable bonds is 2. The zero-order valence-corrected chi connectivity index (χ0v) is 21.2. The van der Waals surface area contributed by atoms with Gasteiger partial charge in [0.05, 0.1) is 29.1 Å². The molecule has 3 N–H and O–H groups in total. The minimum Gasteiger partial charge on any atom is -0.465 e. The van der Waals surface area contributed by atoms with Gasteiger partial charge in [0.15, 0.2) is 6.10 Å². The molecule has 0 aromatic carbocycles. The second-order valence-corrected chi connectivity index (χ2v) is 12.5. The molecule has 0 radical (unpaired) electrons. The third kappa shape index (κ3) is 2.76. The molecule has 0 amide bonds. The molecule has 202 valence electrons. The highest BCUT2D eigenvalue weighted by atomic mass is 16.7. The van der Waals surface area contributed by atoms with Gasteiger partial charge in [-0.2, -0.15) is 0 Å². The van der Waals surface area contributed by atoms with E-state index in [1.807, 2.05) is 6.92 Å². The monoisotopic (exact) mass is 520 g/mol. The predicted molar refractivity (Wildman–Crippen MR) is 120 cm³/mol. The normalized spacial score (nSPS) is 50.8. The summed E-state index contributed by atoms with van der Waals surface area (Å²) in [7, 11) is 0. The van der Waals surface area contributed by atoms with Crippen LogP contribution in [0.25, 0.3) is 0 Å². The van der Waals surface area contributed by atoms with Crippen LogP contribution < -0.4 is 0 Å². The number of cyclic esters (lactones) is 3. The Morgan fingerprint density at radius 2 is 1.73 bits per heavy atom. The summed E-state index contributed by atoms with van der Waals surface area (Å²) in [6.45, 7) is 6.53. The summed E-state index contributed by atoms with van der Waals surface area (Å²) in [5.41, 5.74) is -6.30. The van der Waals surface area contributed by atoms with Crippen molar-refractivity contribution in [2.75, 3.05) is 6.61 Å². The Bertz CT molecular complexity index is 1150. The van der Waals surface area contributed by atoms with E-state index in [4.69, 9.17) is 18.9 Å². The number of carbonyl (C=O) groups is 4. The van der Waals surface area contributed by atoms with E-state index in [0.29, 0.717) is 12.8 Å². The van der Waals surface area contributed by atoms with Gasteiger partial charge in [0, 0.05) is 23.2 Å². The summed E-state index contributed by atoms with van der Waals surface area (Å²) in [6.07, 6.45) is -3.36. The third-order valence-corrected chi connectivity index (χ3v) is 10.6. The van der Waals surface area contributed by atoms with Crippen molar-refractivity contribution in [2.24, 2.45) is 28.1 Å². The SMILES string of the molecule is CC(C)(O)C1CC(=O)C2(C)C(CCC3(C)C(C4=CC(O)OC4=O)OC(=O)C4OC432)C12COC(=O)CC2O. The van der Waals surface area contributed by atoms with Crippen LogP contribution in [-0.2, 0) is 38.1 Å². The second kappa shape index (κ2) is 7.19. The number of aliphatic hydroxyl groups excluding tert-OH is 2. The Kier molecular flexibility index (Phi) is 4.85. The molecule has 37 heavy (non-hydrogen) atoms. The maximum Gasteiger partial charge on any atom is 0.340 e. The van der Waals surface area contributed by atoms with Gasteiger partial charge in [-0.1, -0.05) is 6.92 Å². The van der Waals surface area contributed by atoms with E-state index in [0.717, 1.165) is 0 Å². The molecule has 2 aliphatic carbocycles. The highest BCUT2D eigenvalue weighted by molar-refractivity contribution is 5.96. The second-order valence-electron chi connectivity index (χ2n) is 12.5. The number of esters is 3. The van der Waals surface area contributed by atoms with E-state index in [1.165, 1.54) is 6.08 Å². The van der Waals surface area contributed by atoms with Crippen LogP contribution >= 0.6 is 0 Å². The average Bonchev–Trinajstić information content (AvgIpc) is 3.49. The molecule has 0 aromatic rings. The van der Waals surface area contributed by atoms with E-state index in [9.17, 15) is 34.5 Å². The number of hydrogen-bond acceptors (Lipinski definition) is 11. The van der Waals surface area contributed by atoms with Gasteiger partial charge in [-0.15, -0.1) is 0 Å². The molecule has 6 rings (SSSR count). The minimum absolute atomic E-state index is 0.00213. The third-order valence-electron chi connectivity index (χ3n) is 10.6. The quantitative estimate of drug-likeness (QED) is 0.253. The minimum atomic E-state index is -1.47. The van der Waals surface area contributed by atoms with Crippen molar-refractivity contribution in [1.29, 1.82) is 0 Å². The van der Waals surface area contributed by atoms with Gasteiger partial charge in [0.2, 0.25) is 6.29 Å². The van der Waals surface area contributed by atoms with Crippen molar-refractivity contribution in [3.63, 3.8) is 0 Å². The highest BCUT2D eigenvalue weighted by Crippen LogP contribution is 2.77. The average molecular weight is 521 g/mol. The first-order valence-electron chi connectivity index (χ1n) is 12.7. The smallest absolute Gasteiger partial charge is 0.340 e. The maximum absolute atomic E-state index is 14.2. The Balaban J connectivity index is 1.52. The predicted octanol–water partition coefficient (Wildman–Crippen LogP) is -0.0723. The van der Waals surface area contributed by atoms with E-state index in [2.05, 4.69) is 0 Å². The zero-order valence-electron chi connectivity index (χ0n) is 21.2. The number of aliphatic hydroxyl groups is 3. The maximum atomic E-state index is 14.2. The first-order valence-corrected chi connectivity index (χ1v) is 12.7. The first kappa shape index (κ1) is 25.0. The van der Waals surface area contributed by atoms with Crippen LogP contribution in [0, 0.1) is 28.1 Å². The molecule has 2 spiro atoms. The summed E-state index contributed by atoms with van der Waals surface area (Å²) >= 11 is 0. The van der Waals surface area contributed by atoms with E-state index in [1.54, 1.807) is 20.8 Å². The van der Waals surface area contributed by atoms with Gasteiger partial charge in [-0.3, -0.25) is 9.59 Å². The molecule has 0 bridgehead atoms. The van der Waals surface area contributed by atoms with Crippen LogP contribution in [0.2, 0.25) is 0 Å². The van der Waals surface area contributed by atoms with Crippen molar-refractivity contribution >= 4 is 23.7 Å². The van der Waals surface area contributed by atoms with Gasteiger partial charge in [0.25, 0.3) is 0 Å². The van der Waals surface area contributed by atoms with Crippen LogP contribution in [-0.4, -0.2) is 81.4 Å². The van der Waals surface area contributed by atoms with Gasteiger partial charge in [0.1, 0.15) is 24.1 Å². The Morgan fingerprint density at radius 1 is 1.03 bits per heavy atom. The number of ether oxygens (including phenoxy) is 4. The molecular formula is C26H32O11. The molecule has 0 aromatic heterocycles. The highest BCUT2D eigenvalue weighted by Gasteiger charge is 2.89. The lowest BCUT2D eigenvalue weighted by Crippen LogP contribution is -2.76. The van der Waals surface area contributed by atoms with Crippen LogP contribution in [0.3, 0.4) is 0 Å². The molecule has 11 heteroatoms. The lowest BCUT2D eigenvalue weighted by molar-refractivity contribution is -0.257. The number of ketones is 1. The summed E-state index contributed by atoms with van der Waals surface area (Å²) in [5, 5.41) is 32.5. The van der Waals surface area contributed by atoms with Crippen molar-refractivity contribution in [1.82, 2.24) is 0 Å². The molecule has 4 aliphatic heterocycles. The van der Waals surface area contributed by atoms with Crippen molar-refractivity contribution in [3.05, 3.63) is 11.6 Å². The topological polar surface area (TPSA) is 169 Å². The number of hydrogen-bond donors (Lipinski definition) is 3. The van der Waals surface area contributed by atoms with Gasteiger partial charge < -0.3 is 34.3 Å². The fourth-order valence-electron chi connectivity index (χ4n) is 8.95. The van der Waals surface area contributed by atoms with Crippen LogP contribution in [0.4, 0.5) is 0 Å². The molecule has 11 nitrogen and oxygen atoms in total. The summed E-state index contributed by atoms with van der Waals surface area (Å²) < 4.78 is 22.3. The summed E-state index contributed by atoms with van der Waals surface area (Å²) in [5.74, 6) is -3.65. The van der Waals surface area contributed by atoms with Crippen LogP contribution in [0.15, 0.2) is 11.6 Å². The first-order chi connectivity index (χ1) is 17.1. The van der Waals surface area contributed by atoms with Crippen molar-refractivity contribution < 1.29 is 53.4 Å². The molecular weight excluding hydrogens is 488 g/mol. The molecule has 3 saturated heterocycles. The Hall–Kier alpha value is -2.34. The molecule has 2 saturated carbocycles. The van der Waals surface area contributed by atoms with Crippen molar-refractivity contribution in [3.8, 4) is 0 Å². The Morgan fingerprint density at radius 3 is 2.32 bits per heavy atom. The van der Waals surface area contributed by atoms with Gasteiger partial charge in [-0.05, 0) is 45.6 Å².